The van der Waals surface area contributed by atoms with Crippen LogP contribution in [-0.2, 0) is 0 Å². The first-order valence-corrected chi connectivity index (χ1v) is 6.71. The zero-order chi connectivity index (χ0) is 13.4. The van der Waals surface area contributed by atoms with Crippen molar-refractivity contribution in [2.24, 2.45) is 11.8 Å². The van der Waals surface area contributed by atoms with E-state index in [9.17, 15) is 9.59 Å². The van der Waals surface area contributed by atoms with Gasteiger partial charge in [0, 0.05) is 20.0 Å². The smallest absolute Gasteiger partial charge is 0.356 e. The Morgan fingerprint density at radius 1 is 1.33 bits per heavy atom. The number of carbonyl (C=O) groups is 2. The number of Topliss-reactive ketones (excluding diaryl/α,β-unsaturated/α-hetero) is 1. The Bertz CT molecular complexity index is 456. The van der Waals surface area contributed by atoms with Crippen molar-refractivity contribution < 1.29 is 14.7 Å². The number of rotatable bonds is 3. The molecule has 0 amide bonds. The molecule has 0 aliphatic carbocycles. The summed E-state index contributed by atoms with van der Waals surface area (Å²) in [6, 6.07) is 0. The summed E-state index contributed by atoms with van der Waals surface area (Å²) in [4.78, 5) is 28.9. The molecule has 2 rings (SSSR count). The lowest BCUT2D eigenvalue weighted by atomic mass is 10.0. The van der Waals surface area contributed by atoms with E-state index >= 15 is 0 Å². The minimum absolute atomic E-state index is 0.116. The summed E-state index contributed by atoms with van der Waals surface area (Å²) in [6.45, 7) is 7.44. The fourth-order valence-electron chi connectivity index (χ4n) is 2.11. The maximum absolute atomic E-state index is 11.4. The van der Waals surface area contributed by atoms with Crippen LogP contribution in [0.1, 0.15) is 40.9 Å². The van der Waals surface area contributed by atoms with Crippen molar-refractivity contribution >= 4 is 28.2 Å². The minimum atomic E-state index is -1.14. The zero-order valence-corrected chi connectivity index (χ0v) is 11.5. The first-order valence-electron chi connectivity index (χ1n) is 5.90. The van der Waals surface area contributed by atoms with Crippen LogP contribution in [0, 0.1) is 11.8 Å². The largest absolute Gasteiger partial charge is 0.476 e. The third-order valence-corrected chi connectivity index (χ3v) is 4.61. The number of hydrogen-bond acceptors (Lipinski definition) is 5. The summed E-state index contributed by atoms with van der Waals surface area (Å²) in [5.74, 6) is -0.259. The third kappa shape index (κ3) is 2.25. The van der Waals surface area contributed by atoms with Crippen molar-refractivity contribution in [2.45, 2.75) is 20.8 Å². The summed E-state index contributed by atoms with van der Waals surface area (Å²) in [5, 5.41) is 9.70. The van der Waals surface area contributed by atoms with Gasteiger partial charge in [-0.25, -0.2) is 9.78 Å². The molecule has 1 saturated heterocycles. The molecule has 1 fully saturated rings. The van der Waals surface area contributed by atoms with Crippen LogP contribution in [0.5, 0.6) is 0 Å². The molecule has 5 nitrogen and oxygen atoms in total. The predicted octanol–water partition coefficient (Wildman–Crippen LogP) is 2.14. The van der Waals surface area contributed by atoms with Gasteiger partial charge in [0.1, 0.15) is 4.88 Å². The fourth-order valence-corrected chi connectivity index (χ4v) is 3.08. The summed E-state index contributed by atoms with van der Waals surface area (Å²) in [5.41, 5.74) is -0.116. The number of nitrogens with zero attached hydrogens (tertiary/aromatic N) is 2. The van der Waals surface area contributed by atoms with Crippen molar-refractivity contribution in [1.82, 2.24) is 4.98 Å². The molecule has 6 heteroatoms. The Morgan fingerprint density at radius 3 is 2.28 bits per heavy atom. The Balaban J connectivity index is 2.33. The molecular weight excluding hydrogens is 252 g/mol. The molecule has 1 aliphatic heterocycles. The SMILES string of the molecule is CC(=O)c1sc(N2CC(C)C(C)C2)nc1C(=O)O. The van der Waals surface area contributed by atoms with Gasteiger partial charge in [0.25, 0.3) is 0 Å². The second-order valence-corrected chi connectivity index (χ2v) is 5.87. The minimum Gasteiger partial charge on any atom is -0.476 e. The number of ketones is 1. The number of aromatic carboxylic acids is 1. The van der Waals surface area contributed by atoms with Crippen molar-refractivity contribution in [2.75, 3.05) is 18.0 Å². The highest BCUT2D eigenvalue weighted by Crippen LogP contribution is 2.32. The Hall–Kier alpha value is -1.43. The first-order chi connectivity index (χ1) is 8.40. The van der Waals surface area contributed by atoms with E-state index in [0.717, 1.165) is 13.1 Å². The van der Waals surface area contributed by atoms with Gasteiger partial charge >= 0.3 is 5.97 Å². The predicted molar refractivity (Wildman–Crippen MR) is 69.6 cm³/mol. The van der Waals surface area contributed by atoms with Gasteiger partial charge in [-0.3, -0.25) is 4.79 Å². The molecule has 1 aromatic heterocycles. The van der Waals surface area contributed by atoms with Crippen LogP contribution in [-0.4, -0.2) is 34.9 Å². The first kappa shape index (κ1) is 13.0. The monoisotopic (exact) mass is 268 g/mol. The highest BCUT2D eigenvalue weighted by atomic mass is 32.1. The molecule has 0 aromatic carbocycles. The van der Waals surface area contributed by atoms with Gasteiger partial charge in [-0.1, -0.05) is 25.2 Å². The van der Waals surface area contributed by atoms with Crippen LogP contribution >= 0.6 is 11.3 Å². The zero-order valence-electron chi connectivity index (χ0n) is 10.6. The van der Waals surface area contributed by atoms with Gasteiger partial charge in [0.05, 0.1) is 0 Å². The lowest BCUT2D eigenvalue weighted by molar-refractivity contribution is 0.0687. The number of carboxylic acid groups (broad SMARTS) is 1. The van der Waals surface area contributed by atoms with Crippen LogP contribution in [0.3, 0.4) is 0 Å². The standard InChI is InChI=1S/C12H16N2O3S/c1-6-4-14(5-7(6)2)12-13-9(11(16)17)10(18-12)8(3)15/h6-7H,4-5H2,1-3H3,(H,16,17). The molecule has 0 radical (unpaired) electrons. The van der Waals surface area contributed by atoms with Gasteiger partial charge in [-0.15, -0.1) is 0 Å². The number of aromatic nitrogens is 1. The number of anilines is 1. The molecule has 1 aromatic rings. The van der Waals surface area contributed by atoms with E-state index in [1.807, 2.05) is 0 Å². The number of thiazole rings is 1. The van der Waals surface area contributed by atoms with E-state index in [4.69, 9.17) is 5.11 Å². The molecule has 2 heterocycles. The van der Waals surface area contributed by atoms with Gasteiger partial charge in [0.2, 0.25) is 0 Å². The van der Waals surface area contributed by atoms with Crippen LogP contribution < -0.4 is 4.90 Å². The molecule has 0 saturated carbocycles. The molecule has 2 atom stereocenters. The summed E-state index contributed by atoms with van der Waals surface area (Å²) >= 11 is 1.18. The molecule has 1 N–H and O–H groups in total. The molecular formula is C12H16N2O3S. The van der Waals surface area contributed by atoms with Crippen molar-refractivity contribution in [3.63, 3.8) is 0 Å². The number of carboxylic acids is 1. The average molecular weight is 268 g/mol. The van der Waals surface area contributed by atoms with Crippen LogP contribution in [0.25, 0.3) is 0 Å². The third-order valence-electron chi connectivity index (χ3n) is 3.40. The summed E-state index contributed by atoms with van der Waals surface area (Å²) in [7, 11) is 0. The normalized spacial score (nSPS) is 23.4. The van der Waals surface area contributed by atoms with E-state index < -0.39 is 5.97 Å². The van der Waals surface area contributed by atoms with Gasteiger partial charge in [0.15, 0.2) is 16.6 Å². The Morgan fingerprint density at radius 2 is 1.89 bits per heavy atom. The molecule has 98 valence electrons. The van der Waals surface area contributed by atoms with Gasteiger partial charge in [-0.2, -0.15) is 0 Å². The molecule has 0 spiro atoms. The average Bonchev–Trinajstić information content (AvgIpc) is 2.83. The summed E-state index contributed by atoms with van der Waals surface area (Å²) in [6.07, 6.45) is 0. The lowest BCUT2D eigenvalue weighted by Crippen LogP contribution is -2.19. The van der Waals surface area contributed by atoms with E-state index in [0.29, 0.717) is 17.0 Å². The number of carbonyl (C=O) groups excluding carboxylic acids is 1. The van der Waals surface area contributed by atoms with E-state index in [2.05, 4.69) is 23.7 Å². The summed E-state index contributed by atoms with van der Waals surface area (Å²) < 4.78 is 0. The maximum Gasteiger partial charge on any atom is 0.356 e. The number of hydrogen-bond donors (Lipinski definition) is 1. The van der Waals surface area contributed by atoms with Gasteiger partial charge < -0.3 is 10.0 Å². The molecule has 1 aliphatic rings. The van der Waals surface area contributed by atoms with Crippen molar-refractivity contribution in [1.29, 1.82) is 0 Å². The molecule has 0 bridgehead atoms. The molecule has 2 unspecified atom stereocenters. The quantitative estimate of drug-likeness (QED) is 0.850. The Labute approximate surface area is 109 Å². The highest BCUT2D eigenvalue weighted by Gasteiger charge is 2.30. The molecule has 18 heavy (non-hydrogen) atoms. The fraction of sp³-hybridized carbons (Fsp3) is 0.583. The van der Waals surface area contributed by atoms with Crippen molar-refractivity contribution in [3.8, 4) is 0 Å². The second kappa shape index (κ2) is 4.68. The van der Waals surface area contributed by atoms with E-state index in [-0.39, 0.29) is 16.4 Å². The topological polar surface area (TPSA) is 70.5 Å². The van der Waals surface area contributed by atoms with Crippen molar-refractivity contribution in [3.05, 3.63) is 10.6 Å². The van der Waals surface area contributed by atoms with E-state index in [1.165, 1.54) is 18.3 Å². The van der Waals surface area contributed by atoms with Crippen LogP contribution in [0.2, 0.25) is 0 Å². The van der Waals surface area contributed by atoms with Crippen LogP contribution in [0.4, 0.5) is 5.13 Å². The lowest BCUT2D eigenvalue weighted by Gasteiger charge is -2.13. The maximum atomic E-state index is 11.4. The highest BCUT2D eigenvalue weighted by molar-refractivity contribution is 7.17. The van der Waals surface area contributed by atoms with Crippen LogP contribution in [0.15, 0.2) is 0 Å². The van der Waals surface area contributed by atoms with E-state index in [1.54, 1.807) is 0 Å². The van der Waals surface area contributed by atoms with Gasteiger partial charge in [-0.05, 0) is 11.8 Å². The second-order valence-electron chi connectivity index (χ2n) is 4.90. The Kier molecular flexibility index (Phi) is 3.38.